The lowest BCUT2D eigenvalue weighted by Gasteiger charge is -2.07. The van der Waals surface area contributed by atoms with Crippen molar-refractivity contribution in [2.45, 2.75) is 6.92 Å². The van der Waals surface area contributed by atoms with E-state index in [1.165, 1.54) is 0 Å². The summed E-state index contributed by atoms with van der Waals surface area (Å²) in [5, 5.41) is 0. The van der Waals surface area contributed by atoms with Crippen LogP contribution in [0.4, 0.5) is 5.95 Å². The number of aromatic nitrogens is 2. The Bertz CT molecular complexity index is 563. The minimum Gasteiger partial charge on any atom is -0.496 e. The SMILES string of the molecule is COc1ccc(C)cc1-c1nc(N)n(C)c1Br. The number of hydrogen-bond donors (Lipinski definition) is 1. The predicted octanol–water partition coefficient (Wildman–Crippen LogP) is 2.75. The van der Waals surface area contributed by atoms with Crippen LogP contribution in [0.15, 0.2) is 22.8 Å². The van der Waals surface area contributed by atoms with E-state index in [1.54, 1.807) is 11.7 Å². The van der Waals surface area contributed by atoms with Gasteiger partial charge in [0.25, 0.3) is 0 Å². The van der Waals surface area contributed by atoms with Crippen LogP contribution in [-0.4, -0.2) is 16.7 Å². The van der Waals surface area contributed by atoms with Gasteiger partial charge in [-0.1, -0.05) is 11.6 Å². The number of benzene rings is 1. The normalized spacial score (nSPS) is 10.6. The Kier molecular flexibility index (Phi) is 3.11. The molecule has 2 aromatic rings. The first kappa shape index (κ1) is 12.0. The maximum atomic E-state index is 5.79. The molecule has 0 atom stereocenters. The van der Waals surface area contributed by atoms with Crippen molar-refractivity contribution in [2.75, 3.05) is 12.8 Å². The third-order valence-corrected chi connectivity index (χ3v) is 3.58. The zero-order chi connectivity index (χ0) is 12.6. The first-order valence-electron chi connectivity index (χ1n) is 5.17. The standard InChI is InChI=1S/C12H14BrN3O/c1-7-4-5-9(17-3)8(6-7)10-11(13)16(2)12(14)15-10/h4-6H,1-3H3,(H2,14,15). The number of ether oxygens (including phenoxy) is 1. The fraction of sp³-hybridized carbons (Fsp3) is 0.250. The lowest BCUT2D eigenvalue weighted by molar-refractivity contribution is 0.416. The van der Waals surface area contributed by atoms with Crippen LogP contribution >= 0.6 is 15.9 Å². The number of imidazole rings is 1. The van der Waals surface area contributed by atoms with Crippen LogP contribution < -0.4 is 10.5 Å². The van der Waals surface area contributed by atoms with Gasteiger partial charge >= 0.3 is 0 Å². The number of nitrogens with two attached hydrogens (primary N) is 1. The van der Waals surface area contributed by atoms with Crippen molar-refractivity contribution in [1.29, 1.82) is 0 Å². The average molecular weight is 296 g/mol. The van der Waals surface area contributed by atoms with Crippen LogP contribution in [0.5, 0.6) is 5.75 Å². The molecule has 5 heteroatoms. The van der Waals surface area contributed by atoms with Crippen molar-refractivity contribution in [2.24, 2.45) is 7.05 Å². The predicted molar refractivity (Wildman–Crippen MR) is 72.0 cm³/mol. The molecule has 0 unspecified atom stereocenters. The Morgan fingerprint density at radius 3 is 2.65 bits per heavy atom. The van der Waals surface area contributed by atoms with E-state index in [-0.39, 0.29) is 0 Å². The number of aryl methyl sites for hydroxylation is 1. The summed E-state index contributed by atoms with van der Waals surface area (Å²) < 4.78 is 7.98. The van der Waals surface area contributed by atoms with Crippen LogP contribution in [0.2, 0.25) is 0 Å². The summed E-state index contributed by atoms with van der Waals surface area (Å²) in [5.74, 6) is 1.25. The minimum atomic E-state index is 0.468. The first-order chi connectivity index (χ1) is 8.04. The van der Waals surface area contributed by atoms with Crippen molar-refractivity contribution >= 4 is 21.9 Å². The molecule has 1 heterocycles. The zero-order valence-corrected chi connectivity index (χ0v) is 11.6. The summed E-state index contributed by atoms with van der Waals surface area (Å²) in [6, 6.07) is 5.97. The van der Waals surface area contributed by atoms with E-state index in [1.807, 2.05) is 32.2 Å². The summed E-state index contributed by atoms with van der Waals surface area (Å²) in [7, 11) is 3.51. The molecule has 1 aromatic heterocycles. The van der Waals surface area contributed by atoms with Crippen LogP contribution in [0.3, 0.4) is 0 Å². The lowest BCUT2D eigenvalue weighted by atomic mass is 10.1. The van der Waals surface area contributed by atoms with Crippen LogP contribution in [0.25, 0.3) is 11.3 Å². The second-order valence-electron chi connectivity index (χ2n) is 3.87. The van der Waals surface area contributed by atoms with E-state index in [0.29, 0.717) is 5.95 Å². The van der Waals surface area contributed by atoms with E-state index < -0.39 is 0 Å². The van der Waals surface area contributed by atoms with Crippen molar-refractivity contribution in [3.05, 3.63) is 28.4 Å². The van der Waals surface area contributed by atoms with Gasteiger partial charge in [-0.25, -0.2) is 4.98 Å². The summed E-state index contributed by atoms with van der Waals surface area (Å²) in [4.78, 5) is 4.34. The molecule has 0 aliphatic carbocycles. The Labute approximate surface area is 109 Å². The fourth-order valence-corrected chi connectivity index (χ4v) is 2.16. The summed E-state index contributed by atoms with van der Waals surface area (Å²) in [6.07, 6.45) is 0. The molecule has 2 rings (SSSR count). The van der Waals surface area contributed by atoms with E-state index in [0.717, 1.165) is 27.2 Å². The molecule has 0 radical (unpaired) electrons. The van der Waals surface area contributed by atoms with Gasteiger partial charge in [0.1, 0.15) is 16.0 Å². The molecule has 2 N–H and O–H groups in total. The maximum absolute atomic E-state index is 5.79. The van der Waals surface area contributed by atoms with Gasteiger partial charge in [-0.2, -0.15) is 0 Å². The highest BCUT2D eigenvalue weighted by molar-refractivity contribution is 9.10. The molecule has 1 aromatic carbocycles. The van der Waals surface area contributed by atoms with Crippen molar-refractivity contribution in [3.63, 3.8) is 0 Å². The molecular formula is C12H14BrN3O. The maximum Gasteiger partial charge on any atom is 0.201 e. The third-order valence-electron chi connectivity index (χ3n) is 2.67. The number of rotatable bonds is 2. The molecule has 0 fully saturated rings. The molecule has 0 saturated heterocycles. The van der Waals surface area contributed by atoms with Gasteiger partial charge < -0.3 is 15.0 Å². The van der Waals surface area contributed by atoms with Crippen LogP contribution in [-0.2, 0) is 7.05 Å². The summed E-state index contributed by atoms with van der Waals surface area (Å²) in [6.45, 7) is 2.03. The number of hydrogen-bond acceptors (Lipinski definition) is 3. The largest absolute Gasteiger partial charge is 0.496 e. The van der Waals surface area contributed by atoms with Gasteiger partial charge in [0.15, 0.2) is 0 Å². The molecule has 0 aliphatic rings. The molecule has 4 nitrogen and oxygen atoms in total. The van der Waals surface area contributed by atoms with E-state index in [9.17, 15) is 0 Å². The van der Waals surface area contributed by atoms with Crippen molar-refractivity contribution in [3.8, 4) is 17.0 Å². The fourth-order valence-electron chi connectivity index (χ4n) is 1.67. The second kappa shape index (κ2) is 4.41. The van der Waals surface area contributed by atoms with Crippen molar-refractivity contribution < 1.29 is 4.74 Å². The topological polar surface area (TPSA) is 53.1 Å². The van der Waals surface area contributed by atoms with E-state index in [4.69, 9.17) is 10.5 Å². The highest BCUT2D eigenvalue weighted by Gasteiger charge is 2.16. The summed E-state index contributed by atoms with van der Waals surface area (Å²) >= 11 is 3.49. The number of methoxy groups -OCH3 is 1. The molecule has 90 valence electrons. The van der Waals surface area contributed by atoms with Crippen LogP contribution in [0.1, 0.15) is 5.56 Å². The quantitative estimate of drug-likeness (QED) is 0.927. The average Bonchev–Trinajstić information content (AvgIpc) is 2.57. The number of nitrogen functional groups attached to an aromatic ring is 1. The third kappa shape index (κ3) is 2.02. The Hall–Kier alpha value is -1.49. The Morgan fingerprint density at radius 2 is 2.12 bits per heavy atom. The van der Waals surface area contributed by atoms with Crippen molar-refractivity contribution in [1.82, 2.24) is 9.55 Å². The van der Waals surface area contributed by atoms with E-state index in [2.05, 4.69) is 20.9 Å². The van der Waals surface area contributed by atoms with Gasteiger partial charge in [0.05, 0.1) is 7.11 Å². The Morgan fingerprint density at radius 1 is 1.41 bits per heavy atom. The highest BCUT2D eigenvalue weighted by atomic mass is 79.9. The van der Waals surface area contributed by atoms with E-state index >= 15 is 0 Å². The van der Waals surface area contributed by atoms with Crippen LogP contribution in [0, 0.1) is 6.92 Å². The van der Waals surface area contributed by atoms with Gasteiger partial charge in [-0.3, -0.25) is 0 Å². The smallest absolute Gasteiger partial charge is 0.201 e. The minimum absolute atomic E-state index is 0.468. The second-order valence-corrected chi connectivity index (χ2v) is 4.62. The first-order valence-corrected chi connectivity index (χ1v) is 5.96. The zero-order valence-electron chi connectivity index (χ0n) is 9.99. The molecule has 17 heavy (non-hydrogen) atoms. The van der Waals surface area contributed by atoms with Gasteiger partial charge in [-0.05, 0) is 35.0 Å². The molecule has 0 spiro atoms. The number of halogens is 1. The molecule has 0 aliphatic heterocycles. The summed E-state index contributed by atoms with van der Waals surface area (Å²) in [5.41, 5.74) is 8.67. The van der Waals surface area contributed by atoms with Gasteiger partial charge in [-0.15, -0.1) is 0 Å². The Balaban J connectivity index is 2.67. The highest BCUT2D eigenvalue weighted by Crippen LogP contribution is 2.35. The monoisotopic (exact) mass is 295 g/mol. The molecular weight excluding hydrogens is 282 g/mol. The van der Waals surface area contributed by atoms with Gasteiger partial charge in [0.2, 0.25) is 5.95 Å². The molecule has 0 saturated carbocycles. The number of nitrogens with zero attached hydrogens (tertiary/aromatic N) is 2. The number of anilines is 1. The van der Waals surface area contributed by atoms with Gasteiger partial charge in [0, 0.05) is 12.6 Å². The molecule has 0 amide bonds. The molecule has 0 bridgehead atoms. The lowest BCUT2D eigenvalue weighted by Crippen LogP contribution is -1.96.